The number of hydrogen-bond acceptors (Lipinski definition) is 3. The van der Waals surface area contributed by atoms with Crippen LogP contribution >= 0.6 is 0 Å². The number of ketones is 1. The summed E-state index contributed by atoms with van der Waals surface area (Å²) in [6, 6.07) is 6.49. The van der Waals surface area contributed by atoms with E-state index in [2.05, 4.69) is 4.74 Å². The summed E-state index contributed by atoms with van der Waals surface area (Å²) in [5, 5.41) is 0. The van der Waals surface area contributed by atoms with Crippen molar-refractivity contribution in [1.82, 2.24) is 0 Å². The molecule has 21 heavy (non-hydrogen) atoms. The number of Topliss-reactive ketones (excluding diaryl/α,β-unsaturated/α-hetero) is 1. The maximum absolute atomic E-state index is 14.5. The summed E-state index contributed by atoms with van der Waals surface area (Å²) in [7, 11) is 1.21. The number of allylic oxidation sites excluding steroid dienone is 1. The second-order valence-electron chi connectivity index (χ2n) is 5.51. The number of carbonyl (C=O) groups is 2. The first-order chi connectivity index (χ1) is 10.0. The van der Waals surface area contributed by atoms with Crippen LogP contribution in [0.25, 0.3) is 5.83 Å². The first-order valence-corrected chi connectivity index (χ1v) is 6.77. The van der Waals surface area contributed by atoms with Gasteiger partial charge in [0.25, 0.3) is 0 Å². The van der Waals surface area contributed by atoms with Crippen molar-refractivity contribution in [2.24, 2.45) is 5.92 Å². The Morgan fingerprint density at radius 1 is 1.33 bits per heavy atom. The van der Waals surface area contributed by atoms with Gasteiger partial charge in [-0.1, -0.05) is 24.3 Å². The third kappa shape index (κ3) is 1.83. The van der Waals surface area contributed by atoms with E-state index in [4.69, 9.17) is 0 Å². The second-order valence-corrected chi connectivity index (χ2v) is 5.51. The number of carbonyl (C=O) groups excluding carboxylic acids is 2. The third-order valence-corrected chi connectivity index (χ3v) is 4.50. The van der Waals surface area contributed by atoms with Crippen LogP contribution in [0.15, 0.2) is 30.1 Å². The van der Waals surface area contributed by atoms with Gasteiger partial charge < -0.3 is 4.74 Å². The van der Waals surface area contributed by atoms with Gasteiger partial charge in [0.2, 0.25) is 0 Å². The minimum Gasteiger partial charge on any atom is -0.468 e. The van der Waals surface area contributed by atoms with Crippen LogP contribution in [0.5, 0.6) is 0 Å². The molecule has 2 atom stereocenters. The largest absolute Gasteiger partial charge is 0.468 e. The molecule has 110 valence electrons. The Bertz CT molecular complexity index is 665. The van der Waals surface area contributed by atoms with E-state index in [-0.39, 0.29) is 24.8 Å². The zero-order valence-corrected chi connectivity index (χ0v) is 11.5. The highest BCUT2D eigenvalue weighted by atomic mass is 19.2. The van der Waals surface area contributed by atoms with Gasteiger partial charge in [0, 0.05) is 12.0 Å². The Labute approximate surface area is 120 Å². The van der Waals surface area contributed by atoms with Crippen LogP contribution in [0.2, 0.25) is 0 Å². The lowest BCUT2D eigenvalue weighted by Gasteiger charge is -2.35. The molecule has 0 amide bonds. The molecule has 0 heterocycles. The smallest absolute Gasteiger partial charge is 0.316 e. The van der Waals surface area contributed by atoms with Crippen LogP contribution in [-0.4, -0.2) is 18.9 Å². The molecule has 3 rings (SSSR count). The highest BCUT2D eigenvalue weighted by molar-refractivity contribution is 6.01. The predicted octanol–water partition coefficient (Wildman–Crippen LogP) is 3.09. The van der Waals surface area contributed by atoms with Gasteiger partial charge in [0.15, 0.2) is 5.83 Å². The summed E-state index contributed by atoms with van der Waals surface area (Å²) in [4.78, 5) is 23.8. The fraction of sp³-hybridized carbons (Fsp3) is 0.375. The van der Waals surface area contributed by atoms with Crippen molar-refractivity contribution in [1.29, 1.82) is 0 Å². The lowest BCUT2D eigenvalue weighted by Crippen LogP contribution is -2.40. The number of benzene rings is 1. The number of rotatable bonds is 1. The number of esters is 1. The van der Waals surface area contributed by atoms with Gasteiger partial charge >= 0.3 is 5.97 Å². The molecule has 5 heteroatoms. The monoisotopic (exact) mass is 292 g/mol. The molecule has 0 saturated heterocycles. The third-order valence-electron chi connectivity index (χ3n) is 4.50. The minimum absolute atomic E-state index is 0.167. The molecule has 0 aromatic heterocycles. The number of fused-ring (bicyclic) bond motifs is 2. The molecule has 0 aliphatic heterocycles. The molecule has 0 radical (unpaired) electrons. The molecule has 1 aromatic carbocycles. The summed E-state index contributed by atoms with van der Waals surface area (Å²) in [5.41, 5.74) is -0.543. The molecule has 1 fully saturated rings. The Hall–Kier alpha value is -2.04. The summed E-state index contributed by atoms with van der Waals surface area (Å²) < 4.78 is 33.1. The van der Waals surface area contributed by atoms with Crippen molar-refractivity contribution < 1.29 is 23.1 Å². The van der Waals surface area contributed by atoms with E-state index in [1.54, 1.807) is 18.2 Å². The fourth-order valence-electron chi connectivity index (χ4n) is 3.41. The summed E-state index contributed by atoms with van der Waals surface area (Å²) in [5.74, 6) is -3.65. The topological polar surface area (TPSA) is 43.4 Å². The van der Waals surface area contributed by atoms with Crippen LogP contribution in [-0.2, 0) is 19.7 Å². The van der Waals surface area contributed by atoms with E-state index >= 15 is 0 Å². The summed E-state index contributed by atoms with van der Waals surface area (Å²) >= 11 is 0. The van der Waals surface area contributed by atoms with Gasteiger partial charge in [-0.3, -0.25) is 9.59 Å². The summed E-state index contributed by atoms with van der Waals surface area (Å²) in [6.07, 6.45) is 0.179. The van der Waals surface area contributed by atoms with Gasteiger partial charge in [-0.15, -0.1) is 0 Å². The van der Waals surface area contributed by atoms with Crippen LogP contribution in [0, 0.1) is 5.92 Å². The second kappa shape index (κ2) is 4.76. The molecule has 0 unspecified atom stereocenters. The molecule has 3 nitrogen and oxygen atoms in total. The quantitative estimate of drug-likeness (QED) is 0.590. The van der Waals surface area contributed by atoms with E-state index in [1.807, 2.05) is 0 Å². The molecule has 0 N–H and O–H groups in total. The van der Waals surface area contributed by atoms with Crippen molar-refractivity contribution in [2.45, 2.75) is 24.7 Å². The Balaban J connectivity index is 2.01. The Kier molecular flexibility index (Phi) is 3.15. The highest BCUT2D eigenvalue weighted by Gasteiger charge is 2.52. The van der Waals surface area contributed by atoms with Gasteiger partial charge in [0.05, 0.1) is 12.5 Å². The molecule has 1 saturated carbocycles. The lowest BCUT2D eigenvalue weighted by molar-refractivity contribution is -0.151. The fourth-order valence-corrected chi connectivity index (χ4v) is 3.41. The van der Waals surface area contributed by atoms with Crippen molar-refractivity contribution in [3.05, 3.63) is 41.2 Å². The van der Waals surface area contributed by atoms with E-state index in [0.29, 0.717) is 5.56 Å². The summed E-state index contributed by atoms with van der Waals surface area (Å²) in [6.45, 7) is 0. The van der Waals surface area contributed by atoms with Crippen molar-refractivity contribution in [3.63, 3.8) is 0 Å². The van der Waals surface area contributed by atoms with Crippen LogP contribution in [0.4, 0.5) is 8.78 Å². The number of halogens is 2. The maximum atomic E-state index is 14.5. The number of ether oxygens (including phenoxy) is 1. The van der Waals surface area contributed by atoms with Gasteiger partial charge in [-0.2, -0.15) is 0 Å². The average molecular weight is 292 g/mol. The van der Waals surface area contributed by atoms with Gasteiger partial charge in [0.1, 0.15) is 17.5 Å². The van der Waals surface area contributed by atoms with Gasteiger partial charge in [-0.25, -0.2) is 8.78 Å². The number of hydrogen-bond donors (Lipinski definition) is 0. The van der Waals surface area contributed by atoms with Crippen LogP contribution < -0.4 is 0 Å². The zero-order chi connectivity index (χ0) is 15.2. The maximum Gasteiger partial charge on any atom is 0.316 e. The SMILES string of the molecule is COC(=O)[C@@H]1CC[C@]2(CC1=O)C(F)=C(F)c1ccccc12. The van der Waals surface area contributed by atoms with E-state index in [9.17, 15) is 18.4 Å². The zero-order valence-electron chi connectivity index (χ0n) is 11.5. The Morgan fingerprint density at radius 3 is 2.71 bits per heavy atom. The van der Waals surface area contributed by atoms with Crippen molar-refractivity contribution in [2.75, 3.05) is 7.11 Å². The number of methoxy groups -OCH3 is 1. The van der Waals surface area contributed by atoms with Crippen LogP contribution in [0.1, 0.15) is 30.4 Å². The van der Waals surface area contributed by atoms with E-state index in [0.717, 1.165) is 0 Å². The molecular formula is C16H14F2O3. The normalized spacial score (nSPS) is 28.0. The predicted molar refractivity (Wildman–Crippen MR) is 71.6 cm³/mol. The van der Waals surface area contributed by atoms with E-state index in [1.165, 1.54) is 13.2 Å². The Morgan fingerprint density at radius 2 is 2.05 bits per heavy atom. The van der Waals surface area contributed by atoms with E-state index < -0.39 is 34.7 Å². The first-order valence-electron chi connectivity index (χ1n) is 6.77. The van der Waals surface area contributed by atoms with Crippen molar-refractivity contribution >= 4 is 17.6 Å². The average Bonchev–Trinajstić information content (AvgIpc) is 2.70. The molecule has 0 bridgehead atoms. The standard InChI is InChI=1S/C16H14F2O3/c1-21-15(20)10-6-7-16(8-12(10)19)11-5-3-2-4-9(11)13(17)14(16)18/h2-5,10H,6-8H2,1H3/t10-,16-/m1/s1. The first kappa shape index (κ1) is 13.9. The molecular weight excluding hydrogens is 278 g/mol. The molecule has 2 aliphatic carbocycles. The lowest BCUT2D eigenvalue weighted by atomic mass is 9.67. The van der Waals surface area contributed by atoms with Gasteiger partial charge in [-0.05, 0) is 18.4 Å². The van der Waals surface area contributed by atoms with Crippen LogP contribution in [0.3, 0.4) is 0 Å². The molecule has 1 spiro atoms. The molecule has 1 aromatic rings. The molecule has 2 aliphatic rings. The van der Waals surface area contributed by atoms with Crippen molar-refractivity contribution in [3.8, 4) is 0 Å². The highest BCUT2D eigenvalue weighted by Crippen LogP contribution is 2.54. The minimum atomic E-state index is -1.25.